The first-order valence-electron chi connectivity index (χ1n) is 10.7. The number of para-hydroxylation sites is 1. The number of carboxylic acids is 1. The molecule has 4 N–H and O–H groups in total. The summed E-state index contributed by atoms with van der Waals surface area (Å²) in [5.41, 5.74) is 9.05. The van der Waals surface area contributed by atoms with E-state index in [0.29, 0.717) is 31.0 Å². The Morgan fingerprint density at radius 2 is 1.90 bits per heavy atom. The number of amides is 1. The van der Waals surface area contributed by atoms with Gasteiger partial charge < -0.3 is 21.1 Å². The van der Waals surface area contributed by atoms with E-state index < -0.39 is 12.0 Å². The van der Waals surface area contributed by atoms with Crippen LogP contribution in [0.2, 0.25) is 0 Å². The Bertz CT molecular complexity index is 911. The first kappa shape index (κ1) is 22.8. The van der Waals surface area contributed by atoms with E-state index in [2.05, 4.69) is 10.2 Å². The normalized spacial score (nSPS) is 14.3. The van der Waals surface area contributed by atoms with Crippen LogP contribution < -0.4 is 16.0 Å². The molecule has 0 radical (unpaired) electrons. The van der Waals surface area contributed by atoms with Crippen LogP contribution in [0.15, 0.2) is 48.5 Å². The number of anilines is 2. The monoisotopic (exact) mass is 424 g/mol. The van der Waals surface area contributed by atoms with Gasteiger partial charge in [-0.2, -0.15) is 0 Å². The molecule has 31 heavy (non-hydrogen) atoms. The molecule has 1 fully saturated rings. The first-order chi connectivity index (χ1) is 14.8. The molecule has 2 aromatic carbocycles. The summed E-state index contributed by atoms with van der Waals surface area (Å²) in [6.07, 6.45) is 2.82. The molecule has 1 saturated carbocycles. The van der Waals surface area contributed by atoms with Gasteiger partial charge in [0.25, 0.3) is 5.91 Å². The van der Waals surface area contributed by atoms with Crippen molar-refractivity contribution in [3.63, 3.8) is 0 Å². The molecule has 1 aliphatic carbocycles. The molecule has 2 aromatic rings. The third kappa shape index (κ3) is 6.80. The van der Waals surface area contributed by atoms with E-state index in [1.807, 2.05) is 61.5 Å². The smallest absolute Gasteiger partial charge is 0.320 e. The van der Waals surface area contributed by atoms with Crippen LogP contribution in [0.3, 0.4) is 0 Å². The van der Waals surface area contributed by atoms with Crippen molar-refractivity contribution in [3.05, 3.63) is 59.7 Å². The third-order valence-corrected chi connectivity index (χ3v) is 5.57. The molecule has 0 unspecified atom stereocenters. The summed E-state index contributed by atoms with van der Waals surface area (Å²) in [6.45, 7) is 2.16. The number of benzene rings is 2. The zero-order valence-corrected chi connectivity index (χ0v) is 18.3. The van der Waals surface area contributed by atoms with Crippen LogP contribution in [0.4, 0.5) is 11.4 Å². The lowest BCUT2D eigenvalue weighted by atomic mass is 10.1. The van der Waals surface area contributed by atoms with E-state index in [1.54, 1.807) is 6.07 Å². The van der Waals surface area contributed by atoms with Crippen molar-refractivity contribution in [2.45, 2.75) is 31.8 Å². The first-order valence-corrected chi connectivity index (χ1v) is 10.7. The van der Waals surface area contributed by atoms with Crippen LogP contribution in [0.5, 0.6) is 0 Å². The van der Waals surface area contributed by atoms with Gasteiger partial charge in [0.1, 0.15) is 6.04 Å². The highest BCUT2D eigenvalue weighted by atomic mass is 16.4. The highest BCUT2D eigenvalue weighted by molar-refractivity contribution is 6.05. The van der Waals surface area contributed by atoms with Crippen LogP contribution >= 0.6 is 0 Å². The van der Waals surface area contributed by atoms with Gasteiger partial charge in [-0.05, 0) is 55.0 Å². The minimum absolute atomic E-state index is 0.155. The van der Waals surface area contributed by atoms with Crippen LogP contribution in [0.1, 0.15) is 35.2 Å². The van der Waals surface area contributed by atoms with Gasteiger partial charge in [0.05, 0.1) is 0 Å². The highest BCUT2D eigenvalue weighted by Crippen LogP contribution is 2.31. The molecule has 0 heterocycles. The topological polar surface area (TPSA) is 98.9 Å². The Labute approximate surface area is 183 Å². The predicted octanol–water partition coefficient (Wildman–Crippen LogP) is 3.02. The minimum atomic E-state index is -0.973. The summed E-state index contributed by atoms with van der Waals surface area (Å²) < 4.78 is 0. The molecule has 0 aromatic heterocycles. The van der Waals surface area contributed by atoms with Crippen molar-refractivity contribution in [1.82, 2.24) is 4.90 Å². The summed E-state index contributed by atoms with van der Waals surface area (Å²) in [7, 11) is 3.88. The Balaban J connectivity index is 1.71. The summed E-state index contributed by atoms with van der Waals surface area (Å²) in [5, 5.41) is 12.1. The van der Waals surface area contributed by atoms with Gasteiger partial charge >= 0.3 is 5.97 Å². The third-order valence-electron chi connectivity index (χ3n) is 5.57. The molecule has 7 nitrogen and oxygen atoms in total. The number of rotatable bonds is 11. The fourth-order valence-electron chi connectivity index (χ4n) is 3.49. The Morgan fingerprint density at radius 3 is 2.58 bits per heavy atom. The van der Waals surface area contributed by atoms with Gasteiger partial charge in [0, 0.05) is 50.7 Å². The maximum absolute atomic E-state index is 12.9. The number of hydrogen-bond donors (Lipinski definition) is 3. The molecular formula is C24H32N4O3. The molecule has 3 rings (SSSR count). The number of nitrogens with one attached hydrogen (secondary N) is 1. The molecule has 1 aliphatic rings. The molecule has 0 aliphatic heterocycles. The molecule has 7 heteroatoms. The van der Waals surface area contributed by atoms with Crippen molar-refractivity contribution in [2.24, 2.45) is 11.7 Å². The van der Waals surface area contributed by atoms with E-state index >= 15 is 0 Å². The van der Waals surface area contributed by atoms with E-state index in [9.17, 15) is 9.59 Å². The second kappa shape index (κ2) is 10.4. The summed E-state index contributed by atoms with van der Waals surface area (Å²) in [4.78, 5) is 28.2. The van der Waals surface area contributed by atoms with Gasteiger partial charge in [0.15, 0.2) is 0 Å². The molecule has 0 bridgehead atoms. The molecule has 0 saturated heterocycles. The van der Waals surface area contributed by atoms with E-state index in [0.717, 1.165) is 23.5 Å². The van der Waals surface area contributed by atoms with Crippen molar-refractivity contribution in [1.29, 1.82) is 0 Å². The number of carboxylic acid groups (broad SMARTS) is 1. The standard InChI is InChI=1S/C24H32N4O3/c1-27(2)20-8-5-7-18(14-20)23(29)26-22-9-4-3-6-19(22)16-28(15-17-10-11-17)13-12-21(25)24(30)31/h3-9,14,17,21H,10-13,15-16,25H2,1-2H3,(H,26,29)(H,30,31)/t21-/m0/s1. The maximum Gasteiger partial charge on any atom is 0.320 e. The fraction of sp³-hybridized carbons (Fsp3) is 0.417. The largest absolute Gasteiger partial charge is 0.480 e. The number of nitrogens with two attached hydrogens (primary N) is 1. The highest BCUT2D eigenvalue weighted by Gasteiger charge is 2.25. The van der Waals surface area contributed by atoms with E-state index in [-0.39, 0.29) is 5.91 Å². The van der Waals surface area contributed by atoms with E-state index in [1.165, 1.54) is 12.8 Å². The average Bonchev–Trinajstić information content (AvgIpc) is 3.57. The number of hydrogen-bond acceptors (Lipinski definition) is 5. The van der Waals surface area contributed by atoms with Crippen LogP contribution in [-0.4, -0.2) is 55.1 Å². The maximum atomic E-state index is 12.9. The second-order valence-electron chi connectivity index (χ2n) is 8.47. The zero-order chi connectivity index (χ0) is 22.4. The van der Waals surface area contributed by atoms with Crippen molar-refractivity contribution in [2.75, 3.05) is 37.4 Å². The molecule has 1 amide bonds. The number of aliphatic carboxylic acids is 1. The molecule has 1 atom stereocenters. The molecule has 166 valence electrons. The summed E-state index contributed by atoms with van der Waals surface area (Å²) in [5.74, 6) is -0.464. The lowest BCUT2D eigenvalue weighted by Crippen LogP contribution is -2.36. The lowest BCUT2D eigenvalue weighted by Gasteiger charge is -2.24. The van der Waals surface area contributed by atoms with Crippen molar-refractivity contribution in [3.8, 4) is 0 Å². The SMILES string of the molecule is CN(C)c1cccc(C(=O)Nc2ccccc2CN(CC[C@H](N)C(=O)O)CC2CC2)c1. The number of nitrogens with zero attached hydrogens (tertiary/aromatic N) is 2. The van der Waals surface area contributed by atoms with Crippen molar-refractivity contribution >= 4 is 23.3 Å². The quantitative estimate of drug-likeness (QED) is 0.513. The van der Waals surface area contributed by atoms with Crippen LogP contribution in [0.25, 0.3) is 0 Å². The van der Waals surface area contributed by atoms with Crippen LogP contribution in [-0.2, 0) is 11.3 Å². The van der Waals surface area contributed by atoms with Gasteiger partial charge in [-0.25, -0.2) is 0 Å². The number of carbonyl (C=O) groups excluding carboxylic acids is 1. The molecule has 0 spiro atoms. The van der Waals surface area contributed by atoms with Crippen molar-refractivity contribution < 1.29 is 14.7 Å². The van der Waals surface area contributed by atoms with Gasteiger partial charge in [0.2, 0.25) is 0 Å². The number of carbonyl (C=O) groups is 2. The Hall–Kier alpha value is -2.90. The summed E-state index contributed by atoms with van der Waals surface area (Å²) >= 11 is 0. The Kier molecular flexibility index (Phi) is 7.65. The fourth-order valence-corrected chi connectivity index (χ4v) is 3.49. The van der Waals surface area contributed by atoms with Gasteiger partial charge in [-0.3, -0.25) is 14.5 Å². The average molecular weight is 425 g/mol. The second-order valence-corrected chi connectivity index (χ2v) is 8.47. The summed E-state index contributed by atoms with van der Waals surface area (Å²) in [6, 6.07) is 14.4. The Morgan fingerprint density at radius 1 is 1.16 bits per heavy atom. The minimum Gasteiger partial charge on any atom is -0.480 e. The predicted molar refractivity (Wildman–Crippen MR) is 123 cm³/mol. The van der Waals surface area contributed by atoms with Crippen LogP contribution in [0, 0.1) is 5.92 Å². The van der Waals surface area contributed by atoms with Gasteiger partial charge in [-0.15, -0.1) is 0 Å². The lowest BCUT2D eigenvalue weighted by molar-refractivity contribution is -0.138. The van der Waals surface area contributed by atoms with Gasteiger partial charge in [-0.1, -0.05) is 24.3 Å². The van der Waals surface area contributed by atoms with E-state index in [4.69, 9.17) is 10.8 Å². The zero-order valence-electron chi connectivity index (χ0n) is 18.3. The molecular weight excluding hydrogens is 392 g/mol.